The Morgan fingerprint density at radius 3 is 2.80 bits per heavy atom. The lowest BCUT2D eigenvalue weighted by atomic mass is 10.1. The largest absolute Gasteiger partial charge is 0.391 e. The van der Waals surface area contributed by atoms with Crippen molar-refractivity contribution in [3.8, 4) is 0 Å². The zero-order valence-corrected chi connectivity index (χ0v) is 9.04. The van der Waals surface area contributed by atoms with Crippen molar-refractivity contribution in [1.82, 2.24) is 5.32 Å². The van der Waals surface area contributed by atoms with Crippen molar-refractivity contribution in [2.24, 2.45) is 0 Å². The highest BCUT2D eigenvalue weighted by Crippen LogP contribution is 2.08. The topological polar surface area (TPSA) is 32.3 Å². The Morgan fingerprint density at radius 1 is 1.40 bits per heavy atom. The second-order valence-corrected chi connectivity index (χ2v) is 3.65. The van der Waals surface area contributed by atoms with Crippen LogP contribution in [0.3, 0.4) is 0 Å². The lowest BCUT2D eigenvalue weighted by molar-refractivity contribution is 0.171. The maximum absolute atomic E-state index is 13.2. The Kier molecular flexibility index (Phi) is 5.29. The van der Waals surface area contributed by atoms with Crippen LogP contribution in [0.4, 0.5) is 4.39 Å². The van der Waals surface area contributed by atoms with Crippen LogP contribution in [-0.4, -0.2) is 24.3 Å². The molecule has 0 radical (unpaired) electrons. The predicted octanol–water partition coefficient (Wildman–Crippen LogP) is 1.73. The monoisotopic (exact) mass is 211 g/mol. The maximum atomic E-state index is 13.2. The first kappa shape index (κ1) is 12.1. The van der Waals surface area contributed by atoms with E-state index in [1.165, 1.54) is 6.07 Å². The summed E-state index contributed by atoms with van der Waals surface area (Å²) in [6.45, 7) is 3.47. The molecule has 0 saturated carbocycles. The minimum atomic E-state index is -0.520. The molecule has 1 aromatic rings. The third-order valence-corrected chi connectivity index (χ3v) is 2.22. The van der Waals surface area contributed by atoms with Gasteiger partial charge in [0.2, 0.25) is 0 Å². The van der Waals surface area contributed by atoms with Gasteiger partial charge in [0.15, 0.2) is 0 Å². The van der Waals surface area contributed by atoms with Gasteiger partial charge in [-0.1, -0.05) is 25.1 Å². The molecule has 0 amide bonds. The molecule has 3 heteroatoms. The Labute approximate surface area is 90.1 Å². The fourth-order valence-electron chi connectivity index (χ4n) is 1.44. The molecule has 1 atom stereocenters. The summed E-state index contributed by atoms with van der Waals surface area (Å²) in [5, 5.41) is 12.7. The Balaban J connectivity index is 2.37. The van der Waals surface area contributed by atoms with Crippen LogP contribution >= 0.6 is 0 Å². The van der Waals surface area contributed by atoms with Crippen LogP contribution in [0.5, 0.6) is 0 Å². The van der Waals surface area contributed by atoms with Gasteiger partial charge in [0.05, 0.1) is 6.10 Å². The van der Waals surface area contributed by atoms with E-state index >= 15 is 0 Å². The van der Waals surface area contributed by atoms with E-state index in [9.17, 15) is 9.50 Å². The number of aliphatic hydroxyl groups excluding tert-OH is 1. The molecule has 0 saturated heterocycles. The van der Waals surface area contributed by atoms with Crippen molar-refractivity contribution in [1.29, 1.82) is 0 Å². The molecule has 0 aliphatic heterocycles. The number of halogens is 1. The molecule has 0 aliphatic rings. The van der Waals surface area contributed by atoms with Crippen LogP contribution in [0.25, 0.3) is 0 Å². The summed E-state index contributed by atoms with van der Waals surface area (Å²) < 4.78 is 13.2. The summed E-state index contributed by atoms with van der Waals surface area (Å²) in [4.78, 5) is 0. The van der Waals surface area contributed by atoms with Crippen LogP contribution in [0.2, 0.25) is 0 Å². The van der Waals surface area contributed by atoms with Crippen LogP contribution in [0.15, 0.2) is 24.3 Å². The molecular weight excluding hydrogens is 193 g/mol. The van der Waals surface area contributed by atoms with Crippen LogP contribution < -0.4 is 5.32 Å². The SMILES string of the molecule is CCCNCC(O)Cc1ccccc1F. The minimum absolute atomic E-state index is 0.243. The van der Waals surface area contributed by atoms with Crippen LogP contribution in [-0.2, 0) is 6.42 Å². The van der Waals surface area contributed by atoms with E-state index in [4.69, 9.17) is 0 Å². The lowest BCUT2D eigenvalue weighted by Crippen LogP contribution is -2.29. The van der Waals surface area contributed by atoms with Gasteiger partial charge >= 0.3 is 0 Å². The second kappa shape index (κ2) is 6.53. The van der Waals surface area contributed by atoms with E-state index in [0.29, 0.717) is 18.5 Å². The molecule has 15 heavy (non-hydrogen) atoms. The van der Waals surface area contributed by atoms with E-state index in [-0.39, 0.29) is 5.82 Å². The van der Waals surface area contributed by atoms with Gasteiger partial charge < -0.3 is 10.4 Å². The zero-order valence-electron chi connectivity index (χ0n) is 9.04. The number of benzene rings is 1. The summed E-state index contributed by atoms with van der Waals surface area (Å²) in [5.41, 5.74) is 0.572. The summed E-state index contributed by atoms with van der Waals surface area (Å²) in [5.74, 6) is -0.243. The highest BCUT2D eigenvalue weighted by atomic mass is 19.1. The van der Waals surface area contributed by atoms with Crippen molar-refractivity contribution in [2.45, 2.75) is 25.9 Å². The fourth-order valence-corrected chi connectivity index (χ4v) is 1.44. The molecule has 1 rings (SSSR count). The lowest BCUT2D eigenvalue weighted by Gasteiger charge is -2.11. The van der Waals surface area contributed by atoms with Gasteiger partial charge in [-0.25, -0.2) is 4.39 Å². The Morgan fingerprint density at radius 2 is 2.13 bits per heavy atom. The minimum Gasteiger partial charge on any atom is -0.391 e. The molecule has 0 fully saturated rings. The van der Waals surface area contributed by atoms with E-state index in [0.717, 1.165) is 13.0 Å². The molecular formula is C12H18FNO. The van der Waals surface area contributed by atoms with Crippen molar-refractivity contribution in [2.75, 3.05) is 13.1 Å². The highest BCUT2D eigenvalue weighted by Gasteiger charge is 2.07. The normalized spacial score (nSPS) is 12.7. The van der Waals surface area contributed by atoms with Crippen molar-refractivity contribution >= 4 is 0 Å². The first-order chi connectivity index (χ1) is 7.24. The van der Waals surface area contributed by atoms with Gasteiger partial charge in [-0.15, -0.1) is 0 Å². The summed E-state index contributed by atoms with van der Waals surface area (Å²) in [6, 6.07) is 6.56. The van der Waals surface area contributed by atoms with Gasteiger partial charge in [0, 0.05) is 13.0 Å². The molecule has 1 unspecified atom stereocenters. The highest BCUT2D eigenvalue weighted by molar-refractivity contribution is 5.18. The molecule has 1 aromatic carbocycles. The van der Waals surface area contributed by atoms with Gasteiger partial charge in [0.25, 0.3) is 0 Å². The van der Waals surface area contributed by atoms with Crippen LogP contribution in [0.1, 0.15) is 18.9 Å². The van der Waals surface area contributed by atoms with Gasteiger partial charge in [0.1, 0.15) is 5.82 Å². The fraction of sp³-hybridized carbons (Fsp3) is 0.500. The van der Waals surface area contributed by atoms with E-state index in [1.54, 1.807) is 18.2 Å². The number of rotatable bonds is 6. The number of aliphatic hydroxyl groups is 1. The first-order valence-electron chi connectivity index (χ1n) is 5.36. The van der Waals surface area contributed by atoms with Gasteiger partial charge in [-0.05, 0) is 24.6 Å². The average Bonchev–Trinajstić information content (AvgIpc) is 2.22. The van der Waals surface area contributed by atoms with Gasteiger partial charge in [-0.2, -0.15) is 0 Å². The molecule has 84 valence electrons. The molecule has 0 aliphatic carbocycles. The van der Waals surface area contributed by atoms with Crippen molar-refractivity contribution < 1.29 is 9.50 Å². The van der Waals surface area contributed by atoms with Crippen LogP contribution in [0, 0.1) is 5.82 Å². The zero-order chi connectivity index (χ0) is 11.1. The van der Waals surface area contributed by atoms with E-state index in [2.05, 4.69) is 12.2 Å². The summed E-state index contributed by atoms with van der Waals surface area (Å²) in [7, 11) is 0. The first-order valence-corrected chi connectivity index (χ1v) is 5.36. The number of hydrogen-bond acceptors (Lipinski definition) is 2. The van der Waals surface area contributed by atoms with Gasteiger partial charge in [-0.3, -0.25) is 0 Å². The quantitative estimate of drug-likeness (QED) is 0.702. The molecule has 2 N–H and O–H groups in total. The standard InChI is InChI=1S/C12H18FNO/c1-2-7-14-9-11(15)8-10-5-3-4-6-12(10)13/h3-6,11,14-15H,2,7-9H2,1H3. The summed E-state index contributed by atoms with van der Waals surface area (Å²) >= 11 is 0. The third kappa shape index (κ3) is 4.40. The average molecular weight is 211 g/mol. The smallest absolute Gasteiger partial charge is 0.126 e. The van der Waals surface area contributed by atoms with E-state index < -0.39 is 6.10 Å². The van der Waals surface area contributed by atoms with Crippen molar-refractivity contribution in [3.63, 3.8) is 0 Å². The molecule has 0 heterocycles. The second-order valence-electron chi connectivity index (χ2n) is 3.65. The number of hydrogen-bond donors (Lipinski definition) is 2. The predicted molar refractivity (Wildman–Crippen MR) is 59.3 cm³/mol. The molecule has 0 bridgehead atoms. The van der Waals surface area contributed by atoms with E-state index in [1.807, 2.05) is 0 Å². The number of nitrogens with one attached hydrogen (secondary N) is 1. The maximum Gasteiger partial charge on any atom is 0.126 e. The molecule has 2 nitrogen and oxygen atoms in total. The summed E-state index contributed by atoms with van der Waals surface area (Å²) in [6.07, 6.45) is 0.879. The Bertz CT molecular complexity index is 291. The Hall–Kier alpha value is -0.930. The molecule has 0 spiro atoms. The molecule has 0 aromatic heterocycles. The van der Waals surface area contributed by atoms with Crippen molar-refractivity contribution in [3.05, 3.63) is 35.6 Å². The third-order valence-electron chi connectivity index (χ3n) is 2.22.